The zero-order valence-corrected chi connectivity index (χ0v) is 17.5. The van der Waals surface area contributed by atoms with Gasteiger partial charge in [-0.25, -0.2) is 0 Å². The molecule has 0 fully saturated rings. The molecular weight excluding hydrogens is 364 g/mol. The smallest absolute Gasteiger partial charge is 0.242 e. The number of ether oxygens (including phenoxy) is 1. The van der Waals surface area contributed by atoms with Gasteiger partial charge in [0.15, 0.2) is 0 Å². The van der Waals surface area contributed by atoms with Crippen LogP contribution in [0, 0.1) is 0 Å². The monoisotopic (exact) mass is 396 g/mol. The molecule has 0 saturated heterocycles. The van der Waals surface area contributed by atoms with Gasteiger partial charge in [0, 0.05) is 19.5 Å². The maximum atomic E-state index is 12.9. The highest BCUT2D eigenvalue weighted by Crippen LogP contribution is 2.11. The predicted octanol–water partition coefficient (Wildman–Crippen LogP) is 3.83. The number of rotatable bonds is 12. The van der Waals surface area contributed by atoms with Crippen LogP contribution in [0.2, 0.25) is 0 Å². The molecule has 2 aromatic carbocycles. The topological polar surface area (TPSA) is 58.6 Å². The first kappa shape index (κ1) is 22.5. The Bertz CT molecular complexity index is 734. The first-order valence-electron chi connectivity index (χ1n) is 10.4. The molecular formula is C24H32N2O3. The maximum Gasteiger partial charge on any atom is 0.242 e. The summed E-state index contributed by atoms with van der Waals surface area (Å²) in [7, 11) is 0. The summed E-state index contributed by atoms with van der Waals surface area (Å²) in [5.41, 5.74) is 1.15. The van der Waals surface area contributed by atoms with E-state index in [-0.39, 0.29) is 11.8 Å². The molecule has 0 saturated carbocycles. The molecule has 0 spiro atoms. The summed E-state index contributed by atoms with van der Waals surface area (Å²) in [5.74, 6) is 0.679. The summed E-state index contributed by atoms with van der Waals surface area (Å²) in [6, 6.07) is 19.1. The molecule has 0 aliphatic carbocycles. The standard InChI is InChI=1S/C24H32N2O3/c1-3-17-25-24(28)20(2)26(18-16-21-11-6-4-7-12-21)23(27)15-10-19-29-22-13-8-5-9-14-22/h4-9,11-14,20H,3,10,15-19H2,1-2H3,(H,25,28). The summed E-state index contributed by atoms with van der Waals surface area (Å²) in [4.78, 5) is 27.0. The van der Waals surface area contributed by atoms with Gasteiger partial charge in [-0.1, -0.05) is 55.5 Å². The molecule has 2 rings (SSSR count). The average molecular weight is 397 g/mol. The molecule has 2 amide bonds. The van der Waals surface area contributed by atoms with E-state index in [2.05, 4.69) is 5.32 Å². The van der Waals surface area contributed by atoms with E-state index in [4.69, 9.17) is 4.74 Å². The highest BCUT2D eigenvalue weighted by molar-refractivity contribution is 5.87. The summed E-state index contributed by atoms with van der Waals surface area (Å²) in [6.45, 7) is 5.42. The van der Waals surface area contributed by atoms with Crippen LogP contribution in [0.1, 0.15) is 38.7 Å². The zero-order valence-electron chi connectivity index (χ0n) is 17.5. The van der Waals surface area contributed by atoms with E-state index in [1.54, 1.807) is 11.8 Å². The number of para-hydroxylation sites is 1. The van der Waals surface area contributed by atoms with Gasteiger partial charge in [0.1, 0.15) is 11.8 Å². The molecule has 0 radical (unpaired) electrons. The summed E-state index contributed by atoms with van der Waals surface area (Å²) < 4.78 is 5.68. The second-order valence-corrected chi connectivity index (χ2v) is 7.05. The molecule has 0 aliphatic heterocycles. The normalized spacial score (nSPS) is 11.5. The van der Waals surface area contributed by atoms with Crippen LogP contribution in [0.3, 0.4) is 0 Å². The third kappa shape index (κ3) is 7.98. The Kier molecular flexibility index (Phi) is 9.76. The minimum atomic E-state index is -0.493. The fourth-order valence-corrected chi connectivity index (χ4v) is 3.04. The molecule has 0 aliphatic rings. The van der Waals surface area contributed by atoms with Gasteiger partial charge in [-0.2, -0.15) is 0 Å². The van der Waals surface area contributed by atoms with Crippen molar-refractivity contribution in [3.05, 3.63) is 66.2 Å². The highest BCUT2D eigenvalue weighted by atomic mass is 16.5. The van der Waals surface area contributed by atoms with Crippen LogP contribution in [-0.2, 0) is 16.0 Å². The van der Waals surface area contributed by atoms with E-state index in [1.807, 2.05) is 67.6 Å². The van der Waals surface area contributed by atoms with Crippen LogP contribution >= 0.6 is 0 Å². The van der Waals surface area contributed by atoms with Crippen molar-refractivity contribution < 1.29 is 14.3 Å². The fraction of sp³-hybridized carbons (Fsp3) is 0.417. The van der Waals surface area contributed by atoms with Crippen LogP contribution in [0.25, 0.3) is 0 Å². The van der Waals surface area contributed by atoms with E-state index >= 15 is 0 Å². The molecule has 156 valence electrons. The highest BCUT2D eigenvalue weighted by Gasteiger charge is 2.25. The van der Waals surface area contributed by atoms with Crippen molar-refractivity contribution in [1.29, 1.82) is 0 Å². The van der Waals surface area contributed by atoms with Crippen molar-refractivity contribution in [3.8, 4) is 5.75 Å². The minimum absolute atomic E-state index is 0.0169. The number of hydrogen-bond acceptors (Lipinski definition) is 3. The number of amides is 2. The molecule has 1 N–H and O–H groups in total. The van der Waals surface area contributed by atoms with E-state index < -0.39 is 6.04 Å². The lowest BCUT2D eigenvalue weighted by molar-refractivity contribution is -0.140. The SMILES string of the molecule is CCCNC(=O)C(C)N(CCc1ccccc1)C(=O)CCCOc1ccccc1. The van der Waals surface area contributed by atoms with Crippen molar-refractivity contribution in [2.75, 3.05) is 19.7 Å². The molecule has 0 heterocycles. The van der Waals surface area contributed by atoms with Gasteiger partial charge >= 0.3 is 0 Å². The number of nitrogens with one attached hydrogen (secondary N) is 1. The Morgan fingerprint density at radius 3 is 2.34 bits per heavy atom. The number of carbonyl (C=O) groups excluding carboxylic acids is 2. The quantitative estimate of drug-likeness (QED) is 0.555. The van der Waals surface area contributed by atoms with Crippen molar-refractivity contribution in [2.24, 2.45) is 0 Å². The Hall–Kier alpha value is -2.82. The summed E-state index contributed by atoms with van der Waals surface area (Å²) in [6.07, 6.45) is 2.55. The van der Waals surface area contributed by atoms with Crippen LogP contribution in [0.15, 0.2) is 60.7 Å². The number of hydrogen-bond donors (Lipinski definition) is 1. The van der Waals surface area contributed by atoms with Crippen LogP contribution in [-0.4, -0.2) is 42.5 Å². The fourth-order valence-electron chi connectivity index (χ4n) is 3.04. The molecule has 5 heteroatoms. The molecule has 1 unspecified atom stereocenters. The van der Waals surface area contributed by atoms with Gasteiger partial charge in [-0.15, -0.1) is 0 Å². The average Bonchev–Trinajstić information content (AvgIpc) is 2.76. The number of benzene rings is 2. The molecule has 29 heavy (non-hydrogen) atoms. The third-order valence-corrected chi connectivity index (χ3v) is 4.75. The Morgan fingerprint density at radius 1 is 1.03 bits per heavy atom. The Morgan fingerprint density at radius 2 is 1.69 bits per heavy atom. The van der Waals surface area contributed by atoms with Crippen LogP contribution < -0.4 is 10.1 Å². The first-order chi connectivity index (χ1) is 14.1. The molecule has 2 aromatic rings. The van der Waals surface area contributed by atoms with Gasteiger partial charge in [0.25, 0.3) is 0 Å². The van der Waals surface area contributed by atoms with Gasteiger partial charge < -0.3 is 15.0 Å². The molecule has 0 aromatic heterocycles. The number of carbonyl (C=O) groups is 2. The van der Waals surface area contributed by atoms with Crippen LogP contribution in [0.5, 0.6) is 5.75 Å². The Balaban J connectivity index is 1.90. The minimum Gasteiger partial charge on any atom is -0.494 e. The van der Waals surface area contributed by atoms with E-state index in [1.165, 1.54) is 0 Å². The van der Waals surface area contributed by atoms with Crippen LogP contribution in [0.4, 0.5) is 0 Å². The van der Waals surface area contributed by atoms with Crippen molar-refractivity contribution in [3.63, 3.8) is 0 Å². The number of nitrogens with zero attached hydrogens (tertiary/aromatic N) is 1. The van der Waals surface area contributed by atoms with Gasteiger partial charge in [-0.3, -0.25) is 9.59 Å². The van der Waals surface area contributed by atoms with Crippen molar-refractivity contribution in [2.45, 2.75) is 45.6 Å². The van der Waals surface area contributed by atoms with Gasteiger partial charge in [0.05, 0.1) is 6.61 Å². The van der Waals surface area contributed by atoms with E-state index in [0.717, 1.165) is 24.2 Å². The second-order valence-electron chi connectivity index (χ2n) is 7.05. The molecule has 0 bridgehead atoms. The van der Waals surface area contributed by atoms with E-state index in [9.17, 15) is 9.59 Å². The van der Waals surface area contributed by atoms with Gasteiger partial charge in [0.2, 0.25) is 11.8 Å². The lowest BCUT2D eigenvalue weighted by Crippen LogP contribution is -2.49. The predicted molar refractivity (Wildman–Crippen MR) is 116 cm³/mol. The van der Waals surface area contributed by atoms with Gasteiger partial charge in [-0.05, 0) is 43.9 Å². The summed E-state index contributed by atoms with van der Waals surface area (Å²) in [5, 5.41) is 2.90. The Labute approximate surface area is 174 Å². The third-order valence-electron chi connectivity index (χ3n) is 4.75. The molecule has 5 nitrogen and oxygen atoms in total. The maximum absolute atomic E-state index is 12.9. The first-order valence-corrected chi connectivity index (χ1v) is 10.4. The zero-order chi connectivity index (χ0) is 20.9. The lowest BCUT2D eigenvalue weighted by atomic mass is 10.1. The summed E-state index contributed by atoms with van der Waals surface area (Å²) >= 11 is 0. The second kappa shape index (κ2) is 12.6. The largest absolute Gasteiger partial charge is 0.494 e. The van der Waals surface area contributed by atoms with E-state index in [0.29, 0.717) is 32.5 Å². The van der Waals surface area contributed by atoms with Crippen molar-refractivity contribution >= 4 is 11.8 Å². The molecule has 1 atom stereocenters. The lowest BCUT2D eigenvalue weighted by Gasteiger charge is -2.29. The van der Waals surface area contributed by atoms with Crippen molar-refractivity contribution in [1.82, 2.24) is 10.2 Å².